The number of carbonyl (C=O) groups is 1. The van der Waals surface area contributed by atoms with Gasteiger partial charge in [0, 0.05) is 50.6 Å². The number of nitrogens with zero attached hydrogens (tertiary/aromatic N) is 4. The van der Waals surface area contributed by atoms with E-state index in [1.807, 2.05) is 6.92 Å². The van der Waals surface area contributed by atoms with Crippen LogP contribution in [0.2, 0.25) is 0 Å². The number of aromatic nitrogens is 2. The molecule has 4 rings (SSSR count). The fourth-order valence-corrected chi connectivity index (χ4v) is 5.26. The standard InChI is InChI=1S/C27H36F3N7O2/c1-3-25(32)35-27(38)36-7-4-17(5-8-36)16(2)6-9-39-18-12-33-26(34-13-18)37-14-20(24(31)15-37)19-10-22(29)23(30)11-21(19)28/h10-13,16-17,20,24H,3-9,14-15,31H2,1-2H3,(H2,32,35,38)/t16-,20-,24+/m1/s1. The fraction of sp³-hybridized carbons (Fsp3) is 0.556. The lowest BCUT2D eigenvalue weighted by Gasteiger charge is -2.34. The third-order valence-electron chi connectivity index (χ3n) is 7.79. The number of amides is 2. The van der Waals surface area contributed by atoms with Crippen LogP contribution in [0.4, 0.5) is 23.9 Å². The summed E-state index contributed by atoms with van der Waals surface area (Å²) >= 11 is 0. The van der Waals surface area contributed by atoms with Crippen LogP contribution in [0.3, 0.4) is 0 Å². The summed E-state index contributed by atoms with van der Waals surface area (Å²) in [6, 6.07) is 0.740. The Morgan fingerprint density at radius 3 is 2.49 bits per heavy atom. The Kier molecular flexibility index (Phi) is 9.26. The molecule has 1 aromatic carbocycles. The Balaban J connectivity index is 1.22. The number of anilines is 1. The minimum atomic E-state index is -1.23. The number of amidine groups is 1. The van der Waals surface area contributed by atoms with Crippen molar-refractivity contribution in [3.63, 3.8) is 0 Å². The molecule has 2 amide bonds. The first-order valence-electron chi connectivity index (χ1n) is 13.4. The van der Waals surface area contributed by atoms with Crippen molar-refractivity contribution in [1.82, 2.24) is 20.2 Å². The quantitative estimate of drug-likeness (QED) is 0.261. The highest BCUT2D eigenvalue weighted by molar-refractivity contribution is 5.95. The molecule has 0 spiro atoms. The summed E-state index contributed by atoms with van der Waals surface area (Å²) in [6.45, 7) is 6.52. The minimum absolute atomic E-state index is 0.0453. The minimum Gasteiger partial charge on any atom is -0.490 e. The molecule has 0 unspecified atom stereocenters. The van der Waals surface area contributed by atoms with Crippen molar-refractivity contribution >= 4 is 17.8 Å². The van der Waals surface area contributed by atoms with E-state index in [9.17, 15) is 18.0 Å². The van der Waals surface area contributed by atoms with E-state index in [2.05, 4.69) is 22.2 Å². The first-order chi connectivity index (χ1) is 18.7. The third-order valence-corrected chi connectivity index (χ3v) is 7.79. The Bertz CT molecular complexity index is 1160. The molecule has 12 heteroatoms. The highest BCUT2D eigenvalue weighted by atomic mass is 19.2. The molecule has 0 bridgehead atoms. The summed E-state index contributed by atoms with van der Waals surface area (Å²) in [4.78, 5) is 24.5. The zero-order chi connectivity index (χ0) is 28.1. The summed E-state index contributed by atoms with van der Waals surface area (Å²) < 4.78 is 47.2. The molecule has 2 aromatic rings. The Morgan fingerprint density at radius 1 is 1.15 bits per heavy atom. The lowest BCUT2D eigenvalue weighted by Crippen LogP contribution is -2.46. The van der Waals surface area contributed by atoms with Crippen molar-refractivity contribution in [3.05, 3.63) is 47.5 Å². The van der Waals surface area contributed by atoms with E-state index in [1.165, 1.54) is 0 Å². The third kappa shape index (κ3) is 6.97. The van der Waals surface area contributed by atoms with Crippen LogP contribution in [-0.4, -0.2) is 65.6 Å². The van der Waals surface area contributed by atoms with E-state index in [0.717, 1.165) is 25.3 Å². The van der Waals surface area contributed by atoms with Crippen molar-refractivity contribution in [3.8, 4) is 5.75 Å². The maximum absolute atomic E-state index is 14.3. The van der Waals surface area contributed by atoms with Gasteiger partial charge >= 0.3 is 6.03 Å². The van der Waals surface area contributed by atoms with Crippen LogP contribution in [-0.2, 0) is 0 Å². The molecule has 9 nitrogen and oxygen atoms in total. The number of hydrogen-bond acceptors (Lipinski definition) is 7. The van der Waals surface area contributed by atoms with Gasteiger partial charge in [-0.05, 0) is 42.7 Å². The van der Waals surface area contributed by atoms with Gasteiger partial charge in [-0.2, -0.15) is 0 Å². The number of benzene rings is 1. The number of hydrogen-bond donors (Lipinski definition) is 3. The summed E-state index contributed by atoms with van der Waals surface area (Å²) in [6.07, 6.45) is 6.34. The fourth-order valence-electron chi connectivity index (χ4n) is 5.26. The SMILES string of the molecule is CCC(=N)NC(=O)N1CCC([C@H](C)CCOc2cnc(N3C[C@H](c4cc(F)c(F)cc4F)[C@@H](N)C3)nc2)CC1. The first-order valence-corrected chi connectivity index (χ1v) is 13.4. The lowest BCUT2D eigenvalue weighted by molar-refractivity contribution is 0.146. The maximum Gasteiger partial charge on any atom is 0.322 e. The molecule has 4 N–H and O–H groups in total. The number of nitrogens with two attached hydrogens (primary N) is 1. The Hall–Kier alpha value is -3.41. The van der Waals surface area contributed by atoms with Crippen LogP contribution in [0.5, 0.6) is 5.75 Å². The molecule has 212 valence electrons. The van der Waals surface area contributed by atoms with E-state index >= 15 is 0 Å². The largest absolute Gasteiger partial charge is 0.490 e. The van der Waals surface area contributed by atoms with Gasteiger partial charge in [-0.25, -0.2) is 27.9 Å². The van der Waals surface area contributed by atoms with E-state index in [0.29, 0.717) is 62.3 Å². The van der Waals surface area contributed by atoms with Crippen molar-refractivity contribution in [2.24, 2.45) is 17.6 Å². The summed E-state index contributed by atoms with van der Waals surface area (Å²) in [7, 11) is 0. The zero-order valence-corrected chi connectivity index (χ0v) is 22.3. The number of halogens is 3. The summed E-state index contributed by atoms with van der Waals surface area (Å²) in [5, 5.41) is 10.3. The topological polar surface area (TPSA) is 120 Å². The van der Waals surface area contributed by atoms with Crippen LogP contribution in [0.1, 0.15) is 51.0 Å². The van der Waals surface area contributed by atoms with Crippen LogP contribution >= 0.6 is 0 Å². The highest BCUT2D eigenvalue weighted by Gasteiger charge is 2.35. The number of carbonyl (C=O) groups excluding carboxylic acids is 1. The van der Waals surface area contributed by atoms with Gasteiger partial charge in [0.25, 0.3) is 0 Å². The smallest absolute Gasteiger partial charge is 0.322 e. The van der Waals surface area contributed by atoms with Gasteiger partial charge in [0.2, 0.25) is 5.95 Å². The molecule has 2 aliphatic heterocycles. The molecule has 2 aliphatic rings. The average Bonchev–Trinajstić information content (AvgIpc) is 3.32. The van der Waals surface area contributed by atoms with Gasteiger partial charge in [0.15, 0.2) is 17.4 Å². The van der Waals surface area contributed by atoms with Crippen molar-refractivity contribution < 1.29 is 22.7 Å². The highest BCUT2D eigenvalue weighted by Crippen LogP contribution is 2.32. The summed E-state index contributed by atoms with van der Waals surface area (Å²) in [5.74, 6) is -1.59. The molecule has 1 aromatic heterocycles. The lowest BCUT2D eigenvalue weighted by atomic mass is 9.84. The van der Waals surface area contributed by atoms with Gasteiger partial charge in [-0.15, -0.1) is 0 Å². The normalized spacial score (nSPS) is 20.7. The van der Waals surface area contributed by atoms with Crippen LogP contribution in [0, 0.1) is 34.7 Å². The number of nitrogens with one attached hydrogen (secondary N) is 2. The zero-order valence-electron chi connectivity index (χ0n) is 22.3. The Morgan fingerprint density at radius 2 is 1.82 bits per heavy atom. The van der Waals surface area contributed by atoms with Crippen LogP contribution < -0.4 is 20.7 Å². The van der Waals surface area contributed by atoms with Crippen molar-refractivity contribution in [1.29, 1.82) is 5.41 Å². The summed E-state index contributed by atoms with van der Waals surface area (Å²) in [5.41, 5.74) is 6.24. The van der Waals surface area contributed by atoms with Crippen LogP contribution in [0.25, 0.3) is 0 Å². The number of rotatable bonds is 8. The predicted octanol–water partition coefficient (Wildman–Crippen LogP) is 4.04. The molecule has 39 heavy (non-hydrogen) atoms. The molecule has 3 heterocycles. The van der Waals surface area contributed by atoms with E-state index in [1.54, 1.807) is 22.2 Å². The van der Waals surface area contributed by atoms with Gasteiger partial charge in [-0.3, -0.25) is 10.7 Å². The molecular formula is C27H36F3N7O2. The molecule has 0 saturated carbocycles. The first kappa shape index (κ1) is 28.6. The monoisotopic (exact) mass is 547 g/mol. The van der Waals surface area contributed by atoms with E-state index in [-0.39, 0.29) is 24.0 Å². The predicted molar refractivity (Wildman–Crippen MR) is 141 cm³/mol. The van der Waals surface area contributed by atoms with Gasteiger partial charge in [0.1, 0.15) is 11.7 Å². The second-order valence-corrected chi connectivity index (χ2v) is 10.4. The van der Waals surface area contributed by atoms with E-state index in [4.69, 9.17) is 15.9 Å². The van der Waals surface area contributed by atoms with E-state index < -0.39 is 29.4 Å². The Labute approximate surface area is 226 Å². The second kappa shape index (κ2) is 12.6. The molecule has 2 fully saturated rings. The number of urea groups is 1. The van der Waals surface area contributed by atoms with Crippen molar-refractivity contribution in [2.45, 2.75) is 51.5 Å². The van der Waals surface area contributed by atoms with Gasteiger partial charge in [0.05, 0.1) is 19.0 Å². The molecule has 3 atom stereocenters. The van der Waals surface area contributed by atoms with Crippen molar-refractivity contribution in [2.75, 3.05) is 37.7 Å². The molecule has 2 saturated heterocycles. The van der Waals surface area contributed by atoms with Gasteiger partial charge in [-0.1, -0.05) is 13.8 Å². The average molecular weight is 548 g/mol. The molecule has 0 aliphatic carbocycles. The number of likely N-dealkylation sites (tertiary alicyclic amines) is 1. The van der Waals surface area contributed by atoms with Gasteiger partial charge < -0.3 is 20.3 Å². The number of piperidine rings is 1. The molecule has 0 radical (unpaired) electrons. The second-order valence-electron chi connectivity index (χ2n) is 10.4. The number of ether oxygens (including phenoxy) is 1. The molecular weight excluding hydrogens is 511 g/mol. The van der Waals surface area contributed by atoms with Crippen LogP contribution in [0.15, 0.2) is 24.5 Å². The maximum atomic E-state index is 14.3.